The van der Waals surface area contributed by atoms with Crippen LogP contribution in [0.5, 0.6) is 0 Å². The number of Topliss-reactive ketones (excluding diaryl/α,β-unsaturated/α-hetero) is 1. The lowest BCUT2D eigenvalue weighted by atomic mass is 9.90. The highest BCUT2D eigenvalue weighted by Gasteiger charge is 2.27. The molecule has 1 heterocycles. The second-order valence-corrected chi connectivity index (χ2v) is 6.61. The first-order valence-electron chi connectivity index (χ1n) is 7.48. The average Bonchev–Trinajstić information content (AvgIpc) is 2.47. The Bertz CT molecular complexity index is 497. The average molecular weight is 288 g/mol. The Kier molecular flexibility index (Phi) is 4.78. The van der Waals surface area contributed by atoms with Gasteiger partial charge in [0.1, 0.15) is 0 Å². The van der Waals surface area contributed by atoms with Crippen molar-refractivity contribution in [2.45, 2.75) is 20.8 Å². The van der Waals surface area contributed by atoms with E-state index in [1.807, 2.05) is 56.0 Å². The molecular formula is C17H24N2O2. The normalized spacial score (nSPS) is 16.8. The van der Waals surface area contributed by atoms with Crippen LogP contribution in [0.2, 0.25) is 0 Å². The van der Waals surface area contributed by atoms with Crippen molar-refractivity contribution in [2.24, 2.45) is 5.41 Å². The van der Waals surface area contributed by atoms with E-state index in [1.54, 1.807) is 0 Å². The summed E-state index contributed by atoms with van der Waals surface area (Å²) in [7, 11) is 0. The monoisotopic (exact) mass is 288 g/mol. The molecule has 4 nitrogen and oxygen atoms in total. The van der Waals surface area contributed by atoms with Gasteiger partial charge in [-0.15, -0.1) is 0 Å². The zero-order valence-electron chi connectivity index (χ0n) is 13.1. The van der Waals surface area contributed by atoms with E-state index in [4.69, 9.17) is 0 Å². The highest BCUT2D eigenvalue weighted by Crippen LogP contribution is 2.16. The van der Waals surface area contributed by atoms with Gasteiger partial charge in [0.15, 0.2) is 5.78 Å². The highest BCUT2D eigenvalue weighted by atomic mass is 16.2. The van der Waals surface area contributed by atoms with Gasteiger partial charge < -0.3 is 4.90 Å². The Hall–Kier alpha value is -1.68. The number of amides is 1. The van der Waals surface area contributed by atoms with Crippen LogP contribution >= 0.6 is 0 Å². The van der Waals surface area contributed by atoms with E-state index in [9.17, 15) is 9.59 Å². The summed E-state index contributed by atoms with van der Waals surface area (Å²) in [6.45, 7) is 9.23. The summed E-state index contributed by atoms with van der Waals surface area (Å²) >= 11 is 0. The maximum atomic E-state index is 12.3. The largest absolute Gasteiger partial charge is 0.336 e. The number of benzene rings is 1. The van der Waals surface area contributed by atoms with E-state index in [0.717, 1.165) is 18.7 Å². The number of hydrogen-bond donors (Lipinski definition) is 0. The third-order valence-electron chi connectivity index (χ3n) is 3.88. The van der Waals surface area contributed by atoms with E-state index in [0.29, 0.717) is 19.6 Å². The van der Waals surface area contributed by atoms with Crippen LogP contribution in [0.4, 0.5) is 0 Å². The van der Waals surface area contributed by atoms with E-state index >= 15 is 0 Å². The van der Waals surface area contributed by atoms with Crippen LogP contribution in [0.15, 0.2) is 30.3 Å². The maximum absolute atomic E-state index is 12.3. The molecule has 1 amide bonds. The van der Waals surface area contributed by atoms with Crippen LogP contribution in [-0.4, -0.2) is 54.2 Å². The molecule has 0 spiro atoms. The van der Waals surface area contributed by atoms with Gasteiger partial charge in [-0.3, -0.25) is 14.5 Å². The van der Waals surface area contributed by atoms with Gasteiger partial charge in [0.25, 0.3) is 5.91 Å². The first-order chi connectivity index (χ1) is 9.88. The predicted octanol–water partition coefficient (Wildman–Crippen LogP) is 2.06. The third kappa shape index (κ3) is 4.14. The number of rotatable bonds is 3. The first kappa shape index (κ1) is 15.7. The molecule has 1 aliphatic heterocycles. The fraction of sp³-hybridized carbons (Fsp3) is 0.529. The number of nitrogens with zero attached hydrogens (tertiary/aromatic N) is 2. The van der Waals surface area contributed by atoms with Gasteiger partial charge in [-0.05, 0) is 12.1 Å². The van der Waals surface area contributed by atoms with Gasteiger partial charge in [0.2, 0.25) is 0 Å². The first-order valence-corrected chi connectivity index (χ1v) is 7.48. The Morgan fingerprint density at radius 3 is 2.10 bits per heavy atom. The molecule has 21 heavy (non-hydrogen) atoms. The van der Waals surface area contributed by atoms with Crippen LogP contribution in [0.25, 0.3) is 0 Å². The van der Waals surface area contributed by atoms with Crippen LogP contribution in [0, 0.1) is 5.41 Å². The fourth-order valence-electron chi connectivity index (χ4n) is 2.31. The number of carbonyl (C=O) groups is 2. The zero-order valence-corrected chi connectivity index (χ0v) is 13.1. The van der Waals surface area contributed by atoms with Crippen molar-refractivity contribution in [1.82, 2.24) is 9.80 Å². The molecule has 1 aromatic carbocycles. The molecule has 1 aromatic rings. The molecule has 1 fully saturated rings. The van der Waals surface area contributed by atoms with Crippen LogP contribution in [0.3, 0.4) is 0 Å². The maximum Gasteiger partial charge on any atom is 0.253 e. The molecule has 0 unspecified atom stereocenters. The smallest absolute Gasteiger partial charge is 0.253 e. The molecular weight excluding hydrogens is 264 g/mol. The van der Waals surface area contributed by atoms with Crippen LogP contribution < -0.4 is 0 Å². The third-order valence-corrected chi connectivity index (χ3v) is 3.88. The summed E-state index contributed by atoms with van der Waals surface area (Å²) in [6, 6.07) is 9.36. The molecule has 0 aromatic heterocycles. The number of ketones is 1. The van der Waals surface area contributed by atoms with Crippen molar-refractivity contribution in [3.8, 4) is 0 Å². The molecule has 1 saturated heterocycles. The molecule has 0 saturated carbocycles. The van der Waals surface area contributed by atoms with E-state index in [2.05, 4.69) is 4.90 Å². The molecule has 0 radical (unpaired) electrons. The summed E-state index contributed by atoms with van der Waals surface area (Å²) in [5.41, 5.74) is 0.438. The van der Waals surface area contributed by atoms with Gasteiger partial charge in [0.05, 0.1) is 6.54 Å². The van der Waals surface area contributed by atoms with Crippen molar-refractivity contribution < 1.29 is 9.59 Å². The lowest BCUT2D eigenvalue weighted by Crippen LogP contribution is -2.50. The lowest BCUT2D eigenvalue weighted by molar-refractivity contribution is -0.127. The fourth-order valence-corrected chi connectivity index (χ4v) is 2.31. The summed E-state index contributed by atoms with van der Waals surface area (Å²) < 4.78 is 0. The summed E-state index contributed by atoms with van der Waals surface area (Å²) in [6.07, 6.45) is 0. The summed E-state index contributed by atoms with van der Waals surface area (Å²) in [5, 5.41) is 0. The quantitative estimate of drug-likeness (QED) is 0.855. The Labute approximate surface area is 126 Å². The molecule has 0 atom stereocenters. The van der Waals surface area contributed by atoms with Gasteiger partial charge in [0, 0.05) is 37.2 Å². The van der Waals surface area contributed by atoms with E-state index < -0.39 is 0 Å². The van der Waals surface area contributed by atoms with Crippen LogP contribution in [-0.2, 0) is 4.79 Å². The summed E-state index contributed by atoms with van der Waals surface area (Å²) in [5.74, 6) is 0.336. The second kappa shape index (κ2) is 6.39. The molecule has 0 aliphatic carbocycles. The molecule has 114 valence electrons. The second-order valence-electron chi connectivity index (χ2n) is 6.61. The number of piperazine rings is 1. The van der Waals surface area contributed by atoms with Gasteiger partial charge in [-0.1, -0.05) is 39.0 Å². The standard InChI is InChI=1S/C17H24N2O2/c1-17(2,3)15(20)13-18-9-11-19(12-10-18)16(21)14-7-5-4-6-8-14/h4-8H,9-13H2,1-3H3. The van der Waals surface area contributed by atoms with Crippen molar-refractivity contribution >= 4 is 11.7 Å². The minimum absolute atomic E-state index is 0.0809. The Morgan fingerprint density at radius 2 is 1.57 bits per heavy atom. The molecule has 4 heteroatoms. The van der Waals surface area contributed by atoms with E-state index in [1.165, 1.54) is 0 Å². The molecule has 0 N–H and O–H groups in total. The van der Waals surface area contributed by atoms with Crippen molar-refractivity contribution in [3.05, 3.63) is 35.9 Å². The number of hydrogen-bond acceptors (Lipinski definition) is 3. The van der Waals surface area contributed by atoms with Crippen molar-refractivity contribution in [2.75, 3.05) is 32.7 Å². The topological polar surface area (TPSA) is 40.6 Å². The summed E-state index contributed by atoms with van der Waals surface area (Å²) in [4.78, 5) is 28.4. The van der Waals surface area contributed by atoms with Gasteiger partial charge in [-0.25, -0.2) is 0 Å². The lowest BCUT2D eigenvalue weighted by Gasteiger charge is -2.35. The molecule has 1 aliphatic rings. The molecule has 0 bridgehead atoms. The van der Waals surface area contributed by atoms with E-state index in [-0.39, 0.29) is 17.1 Å². The Balaban J connectivity index is 1.86. The van der Waals surface area contributed by atoms with Crippen molar-refractivity contribution in [3.63, 3.8) is 0 Å². The zero-order chi connectivity index (χ0) is 15.5. The van der Waals surface area contributed by atoms with Crippen molar-refractivity contribution in [1.29, 1.82) is 0 Å². The predicted molar refractivity (Wildman–Crippen MR) is 83.2 cm³/mol. The molecule has 2 rings (SSSR count). The van der Waals surface area contributed by atoms with Gasteiger partial charge >= 0.3 is 0 Å². The minimum atomic E-state index is -0.295. The Morgan fingerprint density at radius 1 is 1.00 bits per heavy atom. The number of carbonyl (C=O) groups excluding carboxylic acids is 2. The highest BCUT2D eigenvalue weighted by molar-refractivity contribution is 5.94. The minimum Gasteiger partial charge on any atom is -0.336 e. The van der Waals surface area contributed by atoms with Crippen LogP contribution in [0.1, 0.15) is 31.1 Å². The SMILES string of the molecule is CC(C)(C)C(=O)CN1CCN(C(=O)c2ccccc2)CC1. The van der Waals surface area contributed by atoms with Gasteiger partial charge in [-0.2, -0.15) is 0 Å².